The molecular formula is C25H26N4O4. The molecule has 2 aliphatic rings. The lowest BCUT2D eigenvalue weighted by molar-refractivity contribution is 0.0502. The highest BCUT2D eigenvalue weighted by Crippen LogP contribution is 2.38. The molecule has 5 rings (SSSR count). The number of carbonyl (C=O) groups is 1. The monoisotopic (exact) mass is 446 g/mol. The van der Waals surface area contributed by atoms with Crippen LogP contribution in [0.1, 0.15) is 36.9 Å². The lowest BCUT2D eigenvalue weighted by Crippen LogP contribution is -2.50. The molecule has 8 heteroatoms. The number of piperidine rings is 1. The third kappa shape index (κ3) is 4.46. The van der Waals surface area contributed by atoms with Crippen molar-refractivity contribution in [3.05, 3.63) is 66.2 Å². The van der Waals surface area contributed by atoms with Crippen LogP contribution in [0.3, 0.4) is 0 Å². The highest BCUT2D eigenvalue weighted by Gasteiger charge is 2.45. The summed E-state index contributed by atoms with van der Waals surface area (Å²) in [6.07, 6.45) is 6.23. The van der Waals surface area contributed by atoms with Gasteiger partial charge >= 0.3 is 6.09 Å². The van der Waals surface area contributed by atoms with E-state index >= 15 is 0 Å². The molecule has 4 heterocycles. The maximum Gasteiger partial charge on any atom is 0.415 e. The highest BCUT2D eigenvalue weighted by atomic mass is 16.6. The molecule has 1 amide bonds. The van der Waals surface area contributed by atoms with Gasteiger partial charge in [-0.2, -0.15) is 0 Å². The zero-order valence-electron chi connectivity index (χ0n) is 18.7. The maximum atomic E-state index is 12.8. The van der Waals surface area contributed by atoms with Crippen molar-refractivity contribution in [2.75, 3.05) is 0 Å². The first-order valence-corrected chi connectivity index (χ1v) is 11.2. The Labute approximate surface area is 192 Å². The summed E-state index contributed by atoms with van der Waals surface area (Å²) in [6, 6.07) is 13.1. The first kappa shape index (κ1) is 21.2. The predicted molar refractivity (Wildman–Crippen MR) is 121 cm³/mol. The van der Waals surface area contributed by atoms with Gasteiger partial charge in [0.1, 0.15) is 18.2 Å². The summed E-state index contributed by atoms with van der Waals surface area (Å²) >= 11 is 0. The summed E-state index contributed by atoms with van der Waals surface area (Å²) in [5, 5.41) is 0. The SMILES string of the molecule is Cc1ncccc1Oc1ncnc(OC2CC3CCC(C2)N3C(=O)Oc2ccccc2)c1C. The summed E-state index contributed by atoms with van der Waals surface area (Å²) in [7, 11) is 0. The average Bonchev–Trinajstić information content (AvgIpc) is 3.09. The van der Waals surface area contributed by atoms with Crippen LogP contribution in [0, 0.1) is 13.8 Å². The molecule has 2 saturated heterocycles. The number of aromatic nitrogens is 3. The Balaban J connectivity index is 1.25. The Morgan fingerprint density at radius 2 is 1.67 bits per heavy atom. The number of pyridine rings is 1. The van der Waals surface area contributed by atoms with E-state index in [1.54, 1.807) is 18.3 Å². The van der Waals surface area contributed by atoms with Crippen LogP contribution in [-0.2, 0) is 0 Å². The number of ether oxygens (including phenoxy) is 3. The van der Waals surface area contributed by atoms with Crippen LogP contribution in [0.5, 0.6) is 23.3 Å². The van der Waals surface area contributed by atoms with Gasteiger partial charge in [-0.05, 0) is 51.0 Å². The molecule has 2 fully saturated rings. The molecule has 3 aromatic rings. The first-order valence-electron chi connectivity index (χ1n) is 11.2. The van der Waals surface area contributed by atoms with Crippen molar-refractivity contribution in [1.29, 1.82) is 0 Å². The van der Waals surface area contributed by atoms with E-state index in [0.29, 0.717) is 23.3 Å². The van der Waals surface area contributed by atoms with E-state index in [9.17, 15) is 4.79 Å². The second kappa shape index (κ2) is 9.05. The molecule has 33 heavy (non-hydrogen) atoms. The number of rotatable bonds is 5. The Morgan fingerprint density at radius 3 is 2.39 bits per heavy atom. The summed E-state index contributed by atoms with van der Waals surface area (Å²) in [4.78, 5) is 27.6. The number of aryl methyl sites for hydroxylation is 1. The third-order valence-corrected chi connectivity index (χ3v) is 6.28. The summed E-state index contributed by atoms with van der Waals surface area (Å²) in [5.74, 6) is 2.16. The van der Waals surface area contributed by atoms with Crippen LogP contribution >= 0.6 is 0 Å². The molecule has 0 radical (unpaired) electrons. The van der Waals surface area contributed by atoms with Crippen LogP contribution in [-0.4, -0.2) is 44.1 Å². The van der Waals surface area contributed by atoms with E-state index in [0.717, 1.165) is 36.9 Å². The molecule has 2 aliphatic heterocycles. The van der Waals surface area contributed by atoms with Gasteiger partial charge in [0.15, 0.2) is 5.75 Å². The molecule has 2 aromatic heterocycles. The number of nitrogens with zero attached hydrogens (tertiary/aromatic N) is 4. The average molecular weight is 447 g/mol. The van der Waals surface area contributed by atoms with Gasteiger partial charge in [-0.3, -0.25) is 4.98 Å². The number of hydrogen-bond acceptors (Lipinski definition) is 7. The van der Waals surface area contributed by atoms with Crippen molar-refractivity contribution in [3.63, 3.8) is 0 Å². The molecule has 0 saturated carbocycles. The number of amides is 1. The second-order valence-electron chi connectivity index (χ2n) is 8.48. The van der Waals surface area contributed by atoms with Crippen LogP contribution in [0.2, 0.25) is 0 Å². The number of hydrogen-bond donors (Lipinski definition) is 0. The molecule has 8 nitrogen and oxygen atoms in total. The van der Waals surface area contributed by atoms with E-state index in [1.807, 2.05) is 49.1 Å². The lowest BCUT2D eigenvalue weighted by Gasteiger charge is -2.37. The minimum absolute atomic E-state index is 0.0372. The van der Waals surface area contributed by atoms with Gasteiger partial charge in [0.25, 0.3) is 0 Å². The van der Waals surface area contributed by atoms with Crippen molar-refractivity contribution in [1.82, 2.24) is 19.9 Å². The maximum absolute atomic E-state index is 12.8. The van der Waals surface area contributed by atoms with E-state index < -0.39 is 0 Å². The van der Waals surface area contributed by atoms with Crippen molar-refractivity contribution < 1.29 is 19.0 Å². The molecule has 0 spiro atoms. The summed E-state index contributed by atoms with van der Waals surface area (Å²) < 4.78 is 17.9. The number of benzene rings is 1. The molecule has 2 bridgehead atoms. The van der Waals surface area contributed by atoms with Crippen molar-refractivity contribution in [2.45, 2.75) is 57.7 Å². The predicted octanol–water partition coefficient (Wildman–Crippen LogP) is 4.85. The highest BCUT2D eigenvalue weighted by molar-refractivity contribution is 5.72. The smallest absolute Gasteiger partial charge is 0.415 e. The fraction of sp³-hybridized carbons (Fsp3) is 0.360. The fourth-order valence-electron chi connectivity index (χ4n) is 4.64. The molecule has 170 valence electrons. The van der Waals surface area contributed by atoms with E-state index in [4.69, 9.17) is 14.2 Å². The Bertz CT molecular complexity index is 1130. The fourth-order valence-corrected chi connectivity index (χ4v) is 4.64. The largest absolute Gasteiger partial charge is 0.474 e. The Morgan fingerprint density at radius 1 is 0.939 bits per heavy atom. The summed E-state index contributed by atoms with van der Waals surface area (Å²) in [6.45, 7) is 3.77. The number of fused-ring (bicyclic) bond motifs is 2. The van der Waals surface area contributed by atoms with Crippen molar-refractivity contribution in [2.24, 2.45) is 0 Å². The van der Waals surface area contributed by atoms with Gasteiger partial charge in [-0.15, -0.1) is 0 Å². The third-order valence-electron chi connectivity index (χ3n) is 6.28. The van der Waals surface area contributed by atoms with E-state index in [2.05, 4.69) is 15.0 Å². The van der Waals surface area contributed by atoms with E-state index in [-0.39, 0.29) is 24.3 Å². The van der Waals surface area contributed by atoms with E-state index in [1.165, 1.54) is 6.33 Å². The van der Waals surface area contributed by atoms with Crippen molar-refractivity contribution in [3.8, 4) is 23.3 Å². The standard InChI is InChI=1S/C25H26N4O4/c1-16-23(27-15-28-24(16)33-22-9-6-12-26-17(22)2)31-21-13-18-10-11-19(14-21)29(18)25(30)32-20-7-4-3-5-8-20/h3-9,12,15,18-19,21H,10-11,13-14H2,1-2H3. The normalized spacial score (nSPS) is 21.5. The first-order chi connectivity index (χ1) is 16.1. The molecule has 1 aromatic carbocycles. The zero-order valence-corrected chi connectivity index (χ0v) is 18.7. The number of para-hydroxylation sites is 1. The topological polar surface area (TPSA) is 86.7 Å². The van der Waals surface area contributed by atoms with Gasteiger partial charge in [0.2, 0.25) is 11.8 Å². The molecule has 2 atom stereocenters. The van der Waals surface area contributed by atoms with Gasteiger partial charge in [0, 0.05) is 31.1 Å². The zero-order chi connectivity index (χ0) is 22.8. The molecule has 0 aliphatic carbocycles. The van der Waals surface area contributed by atoms with Gasteiger partial charge in [0.05, 0.1) is 11.3 Å². The van der Waals surface area contributed by atoms with Crippen LogP contribution < -0.4 is 14.2 Å². The summed E-state index contributed by atoms with van der Waals surface area (Å²) in [5.41, 5.74) is 1.52. The molecular weight excluding hydrogens is 420 g/mol. The lowest BCUT2D eigenvalue weighted by atomic mass is 10.0. The molecule has 2 unspecified atom stereocenters. The quantitative estimate of drug-likeness (QED) is 0.553. The number of carbonyl (C=O) groups excluding carboxylic acids is 1. The van der Waals surface area contributed by atoms with Gasteiger partial charge in [-0.1, -0.05) is 18.2 Å². The van der Waals surface area contributed by atoms with Gasteiger partial charge in [-0.25, -0.2) is 14.8 Å². The van der Waals surface area contributed by atoms with Crippen molar-refractivity contribution >= 4 is 6.09 Å². The second-order valence-corrected chi connectivity index (χ2v) is 8.48. The van der Waals surface area contributed by atoms with Crippen LogP contribution in [0.25, 0.3) is 0 Å². The minimum atomic E-state index is -0.284. The minimum Gasteiger partial charge on any atom is -0.474 e. The van der Waals surface area contributed by atoms with Gasteiger partial charge < -0.3 is 19.1 Å². The molecule has 0 N–H and O–H groups in total. The Kier molecular flexibility index (Phi) is 5.81. The van der Waals surface area contributed by atoms with Crippen LogP contribution in [0.4, 0.5) is 4.79 Å². The Hall–Kier alpha value is -3.68. The van der Waals surface area contributed by atoms with Crippen LogP contribution in [0.15, 0.2) is 55.0 Å².